The predicted molar refractivity (Wildman–Crippen MR) is 49.3 cm³/mol. The lowest BCUT2D eigenvalue weighted by molar-refractivity contribution is 0.178. The van der Waals surface area contributed by atoms with Crippen molar-refractivity contribution in [3.8, 4) is 0 Å². The van der Waals surface area contributed by atoms with Crippen LogP contribution in [0.1, 0.15) is 26.2 Å². The number of hydrogen-bond acceptors (Lipinski definition) is 3. The Hall–Kier alpha value is 0.110. The van der Waals surface area contributed by atoms with Gasteiger partial charge >= 0.3 is 0 Å². The monoisotopic (exact) mass is 195 g/mol. The van der Waals surface area contributed by atoms with Crippen molar-refractivity contribution in [2.75, 3.05) is 12.3 Å². The van der Waals surface area contributed by atoms with Crippen molar-refractivity contribution in [3.05, 3.63) is 0 Å². The highest BCUT2D eigenvalue weighted by Crippen LogP contribution is 2.41. The normalized spacial score (nSPS) is 18.7. The smallest absolute Gasteiger partial charge is 0.200 e. The molecule has 0 radical (unpaired) electrons. The minimum absolute atomic E-state index is 0.130. The van der Waals surface area contributed by atoms with Crippen molar-refractivity contribution in [2.24, 2.45) is 5.73 Å². The third-order valence-corrected chi connectivity index (χ3v) is 3.61. The van der Waals surface area contributed by atoms with Gasteiger partial charge in [-0.2, -0.15) is 0 Å². The second-order valence-electron chi connectivity index (χ2n) is 3.00. The van der Waals surface area contributed by atoms with Crippen LogP contribution in [-0.2, 0) is 4.57 Å². The van der Waals surface area contributed by atoms with Gasteiger partial charge in [-0.3, -0.25) is 4.57 Å². The van der Waals surface area contributed by atoms with E-state index < -0.39 is 13.6 Å². The molecular weight excluding hydrogens is 177 g/mol. The van der Waals surface area contributed by atoms with Gasteiger partial charge in [0.1, 0.15) is 6.23 Å². The highest BCUT2D eigenvalue weighted by Gasteiger charge is 2.17. The summed E-state index contributed by atoms with van der Waals surface area (Å²) < 4.78 is 11.3. The van der Waals surface area contributed by atoms with Crippen LogP contribution < -0.4 is 5.73 Å². The molecule has 2 atom stereocenters. The Morgan fingerprint density at radius 1 is 1.50 bits per heavy atom. The van der Waals surface area contributed by atoms with E-state index in [2.05, 4.69) is 0 Å². The number of aliphatic hydroxyl groups is 1. The molecule has 0 aromatic heterocycles. The van der Waals surface area contributed by atoms with E-state index in [1.54, 1.807) is 0 Å². The Kier molecular flexibility index (Phi) is 5.76. The molecule has 2 unspecified atom stereocenters. The van der Waals surface area contributed by atoms with Crippen LogP contribution >= 0.6 is 7.37 Å². The van der Waals surface area contributed by atoms with Gasteiger partial charge in [-0.05, 0) is 12.8 Å². The summed E-state index contributed by atoms with van der Waals surface area (Å²) in [5, 5.41) is 8.69. The average Bonchev–Trinajstić information content (AvgIpc) is 1.98. The van der Waals surface area contributed by atoms with Crippen molar-refractivity contribution in [3.63, 3.8) is 0 Å². The number of unbranched alkanes of at least 4 members (excludes halogenated alkanes) is 1. The van der Waals surface area contributed by atoms with Crippen LogP contribution in [0.4, 0.5) is 0 Å². The summed E-state index contributed by atoms with van der Waals surface area (Å²) in [5.41, 5.74) is 5.05. The molecule has 0 aromatic rings. The molecule has 12 heavy (non-hydrogen) atoms. The van der Waals surface area contributed by atoms with Crippen molar-refractivity contribution in [1.29, 1.82) is 0 Å². The van der Waals surface area contributed by atoms with E-state index >= 15 is 0 Å². The first kappa shape index (κ1) is 12.1. The fourth-order valence-corrected chi connectivity index (χ4v) is 2.55. The summed E-state index contributed by atoms with van der Waals surface area (Å²) >= 11 is 0. The van der Waals surface area contributed by atoms with E-state index in [1.165, 1.54) is 0 Å². The fourth-order valence-electron chi connectivity index (χ4n) is 0.851. The largest absolute Gasteiger partial charge is 0.379 e. The molecule has 0 amide bonds. The SMILES string of the molecule is CCCCP(=O)(O)CCC(N)O. The molecule has 0 rings (SSSR count). The molecular formula is C7H18NO3P. The summed E-state index contributed by atoms with van der Waals surface area (Å²) in [7, 11) is -3.00. The quantitative estimate of drug-likeness (QED) is 0.431. The van der Waals surface area contributed by atoms with Crippen molar-refractivity contribution in [1.82, 2.24) is 0 Å². The highest BCUT2D eigenvalue weighted by molar-refractivity contribution is 7.57. The lowest BCUT2D eigenvalue weighted by Gasteiger charge is -2.11. The maximum atomic E-state index is 11.3. The fraction of sp³-hybridized carbons (Fsp3) is 1.00. The molecule has 0 aliphatic carbocycles. The van der Waals surface area contributed by atoms with Gasteiger partial charge in [0, 0.05) is 12.3 Å². The molecule has 0 bridgehead atoms. The van der Waals surface area contributed by atoms with Crippen LogP contribution in [0.2, 0.25) is 0 Å². The van der Waals surface area contributed by atoms with Crippen LogP contribution in [0.3, 0.4) is 0 Å². The van der Waals surface area contributed by atoms with Gasteiger partial charge in [-0.25, -0.2) is 0 Å². The molecule has 4 N–H and O–H groups in total. The van der Waals surface area contributed by atoms with E-state index in [9.17, 15) is 9.46 Å². The first-order valence-electron chi connectivity index (χ1n) is 4.22. The Morgan fingerprint density at radius 3 is 2.50 bits per heavy atom. The van der Waals surface area contributed by atoms with Gasteiger partial charge < -0.3 is 15.7 Å². The Bertz CT molecular complexity index is 161. The molecule has 74 valence electrons. The average molecular weight is 195 g/mol. The number of rotatable bonds is 6. The van der Waals surface area contributed by atoms with Gasteiger partial charge in [-0.1, -0.05) is 13.3 Å². The van der Waals surface area contributed by atoms with E-state index in [0.29, 0.717) is 6.16 Å². The van der Waals surface area contributed by atoms with Gasteiger partial charge in [0.05, 0.1) is 0 Å². The zero-order valence-corrected chi connectivity index (χ0v) is 8.33. The van der Waals surface area contributed by atoms with Gasteiger partial charge in [0.2, 0.25) is 7.37 Å². The zero-order valence-electron chi connectivity index (χ0n) is 7.44. The molecule has 4 nitrogen and oxygen atoms in total. The van der Waals surface area contributed by atoms with Crippen molar-refractivity contribution in [2.45, 2.75) is 32.4 Å². The van der Waals surface area contributed by atoms with Crippen LogP contribution in [0, 0.1) is 0 Å². The molecule has 0 fully saturated rings. The van der Waals surface area contributed by atoms with Crippen LogP contribution in [0.15, 0.2) is 0 Å². The molecule has 0 heterocycles. The molecule has 5 heteroatoms. The molecule has 0 saturated heterocycles. The molecule has 0 saturated carbocycles. The van der Waals surface area contributed by atoms with Crippen LogP contribution in [0.5, 0.6) is 0 Å². The summed E-state index contributed by atoms with van der Waals surface area (Å²) in [6.07, 6.45) is 1.38. The van der Waals surface area contributed by atoms with E-state index in [1.807, 2.05) is 6.92 Å². The topological polar surface area (TPSA) is 83.5 Å². The summed E-state index contributed by atoms with van der Waals surface area (Å²) in [6, 6.07) is 0. The second-order valence-corrected chi connectivity index (χ2v) is 5.59. The lowest BCUT2D eigenvalue weighted by Crippen LogP contribution is -2.20. The van der Waals surface area contributed by atoms with E-state index in [0.717, 1.165) is 12.8 Å². The van der Waals surface area contributed by atoms with Gasteiger partial charge in [0.15, 0.2) is 0 Å². The number of hydrogen-bond donors (Lipinski definition) is 3. The number of aliphatic hydroxyl groups excluding tert-OH is 1. The number of nitrogens with two attached hydrogens (primary N) is 1. The molecule has 0 aromatic carbocycles. The minimum Gasteiger partial charge on any atom is -0.379 e. The lowest BCUT2D eigenvalue weighted by atomic mass is 10.4. The first-order chi connectivity index (χ1) is 5.48. The van der Waals surface area contributed by atoms with Gasteiger partial charge in [-0.15, -0.1) is 0 Å². The second kappa shape index (κ2) is 5.70. The van der Waals surface area contributed by atoms with Crippen molar-refractivity contribution < 1.29 is 14.6 Å². The third kappa shape index (κ3) is 6.80. The maximum absolute atomic E-state index is 11.3. The third-order valence-electron chi connectivity index (χ3n) is 1.64. The predicted octanol–water partition coefficient (Wildman–Crippen LogP) is 0.724. The Morgan fingerprint density at radius 2 is 2.08 bits per heavy atom. The minimum atomic E-state index is -3.00. The highest BCUT2D eigenvalue weighted by atomic mass is 31.2. The van der Waals surface area contributed by atoms with Crippen LogP contribution in [0.25, 0.3) is 0 Å². The van der Waals surface area contributed by atoms with Crippen LogP contribution in [-0.4, -0.2) is 28.6 Å². The maximum Gasteiger partial charge on any atom is 0.200 e. The molecule has 0 aliphatic heterocycles. The van der Waals surface area contributed by atoms with E-state index in [4.69, 9.17) is 10.8 Å². The van der Waals surface area contributed by atoms with E-state index in [-0.39, 0.29) is 12.6 Å². The van der Waals surface area contributed by atoms with Gasteiger partial charge in [0.25, 0.3) is 0 Å². The molecule has 0 aliphatic rings. The molecule has 0 spiro atoms. The van der Waals surface area contributed by atoms with Crippen molar-refractivity contribution >= 4 is 7.37 Å². The first-order valence-corrected chi connectivity index (χ1v) is 6.25. The Balaban J connectivity index is 3.64. The Labute approximate surface area is 73.2 Å². The standard InChI is InChI=1S/C7H18NO3P/c1-2-3-5-12(10,11)6-4-7(8)9/h7,9H,2-6,8H2,1H3,(H,10,11). The summed E-state index contributed by atoms with van der Waals surface area (Å²) in [5.74, 6) is 0. The zero-order chi connectivity index (χ0) is 9.61. The summed E-state index contributed by atoms with van der Waals surface area (Å²) in [6.45, 7) is 1.97. The summed E-state index contributed by atoms with van der Waals surface area (Å²) in [4.78, 5) is 9.28.